The highest BCUT2D eigenvalue weighted by Gasteiger charge is 2.12. The van der Waals surface area contributed by atoms with Crippen LogP contribution in [0.3, 0.4) is 0 Å². The van der Waals surface area contributed by atoms with Crippen molar-refractivity contribution in [1.29, 1.82) is 0 Å². The molecule has 4 rings (SSSR count). The lowest BCUT2D eigenvalue weighted by Gasteiger charge is -2.32. The molecular formula is C30H38N2O3. The number of nitrogens with zero attached hydrogens (tertiary/aromatic N) is 2. The highest BCUT2D eigenvalue weighted by Crippen LogP contribution is 2.19. The van der Waals surface area contributed by atoms with Gasteiger partial charge in [-0.1, -0.05) is 42.5 Å². The lowest BCUT2D eigenvalue weighted by atomic mass is 10.1. The predicted molar refractivity (Wildman–Crippen MR) is 142 cm³/mol. The van der Waals surface area contributed by atoms with Crippen molar-refractivity contribution < 1.29 is 14.2 Å². The summed E-state index contributed by atoms with van der Waals surface area (Å²) in [6, 6.07) is 26.5. The summed E-state index contributed by atoms with van der Waals surface area (Å²) in [7, 11) is 2.20. The van der Waals surface area contributed by atoms with Crippen molar-refractivity contribution in [2.45, 2.75) is 25.9 Å². The summed E-state index contributed by atoms with van der Waals surface area (Å²) in [6.07, 6.45) is 3.16. The van der Waals surface area contributed by atoms with E-state index in [4.69, 9.17) is 14.2 Å². The Morgan fingerprint density at radius 3 is 1.80 bits per heavy atom. The second kappa shape index (κ2) is 13.8. The van der Waals surface area contributed by atoms with E-state index < -0.39 is 0 Å². The zero-order valence-corrected chi connectivity index (χ0v) is 20.9. The van der Waals surface area contributed by atoms with Crippen LogP contribution in [-0.2, 0) is 13.0 Å². The number of hydrogen-bond donors (Lipinski definition) is 0. The summed E-state index contributed by atoms with van der Waals surface area (Å²) in [5, 5.41) is 0. The first kappa shape index (κ1) is 25.1. The van der Waals surface area contributed by atoms with E-state index in [1.54, 1.807) is 0 Å². The van der Waals surface area contributed by atoms with Gasteiger partial charge in [-0.3, -0.25) is 0 Å². The van der Waals surface area contributed by atoms with Crippen molar-refractivity contribution in [3.05, 3.63) is 90.0 Å². The molecule has 0 radical (unpaired) electrons. The van der Waals surface area contributed by atoms with Crippen LogP contribution in [0.1, 0.15) is 24.0 Å². The van der Waals surface area contributed by atoms with Crippen LogP contribution in [0, 0.1) is 0 Å². The monoisotopic (exact) mass is 474 g/mol. The Hall–Kier alpha value is -3.02. The van der Waals surface area contributed by atoms with E-state index in [0.29, 0.717) is 19.8 Å². The van der Waals surface area contributed by atoms with Crippen molar-refractivity contribution in [3.63, 3.8) is 0 Å². The van der Waals surface area contributed by atoms with Crippen LogP contribution in [0.15, 0.2) is 78.9 Å². The van der Waals surface area contributed by atoms with Crippen molar-refractivity contribution in [3.8, 4) is 17.2 Å². The maximum atomic E-state index is 5.89. The van der Waals surface area contributed by atoms with Crippen LogP contribution in [0.4, 0.5) is 0 Å². The third kappa shape index (κ3) is 8.93. The fraction of sp³-hybridized carbons (Fsp3) is 0.400. The van der Waals surface area contributed by atoms with E-state index in [1.165, 1.54) is 44.7 Å². The van der Waals surface area contributed by atoms with Crippen LogP contribution in [0.2, 0.25) is 0 Å². The minimum absolute atomic E-state index is 0.565. The zero-order valence-electron chi connectivity index (χ0n) is 20.9. The fourth-order valence-electron chi connectivity index (χ4n) is 4.14. The number of aryl methyl sites for hydroxylation is 1. The van der Waals surface area contributed by atoms with E-state index in [-0.39, 0.29) is 0 Å². The van der Waals surface area contributed by atoms with Gasteiger partial charge in [-0.2, -0.15) is 0 Å². The van der Waals surface area contributed by atoms with Gasteiger partial charge in [0.25, 0.3) is 0 Å². The maximum Gasteiger partial charge on any atom is 0.120 e. The van der Waals surface area contributed by atoms with Gasteiger partial charge in [0.2, 0.25) is 0 Å². The van der Waals surface area contributed by atoms with Crippen LogP contribution >= 0.6 is 0 Å². The predicted octanol–water partition coefficient (Wildman–Crippen LogP) is 5.29. The van der Waals surface area contributed by atoms with Gasteiger partial charge < -0.3 is 24.0 Å². The Balaban J connectivity index is 1.06. The summed E-state index contributed by atoms with van der Waals surface area (Å²) in [4.78, 5) is 4.98. The number of rotatable bonds is 13. The molecule has 35 heavy (non-hydrogen) atoms. The molecule has 1 heterocycles. The van der Waals surface area contributed by atoms with Gasteiger partial charge in [0.1, 0.15) is 23.9 Å². The normalized spacial score (nSPS) is 14.5. The Bertz CT molecular complexity index is 969. The lowest BCUT2D eigenvalue weighted by Crippen LogP contribution is -2.44. The van der Waals surface area contributed by atoms with Gasteiger partial charge in [-0.05, 0) is 74.0 Å². The van der Waals surface area contributed by atoms with Gasteiger partial charge >= 0.3 is 0 Å². The van der Waals surface area contributed by atoms with Crippen molar-refractivity contribution >= 4 is 0 Å². The minimum Gasteiger partial charge on any atom is -0.493 e. The third-order valence-corrected chi connectivity index (χ3v) is 6.36. The van der Waals surface area contributed by atoms with Gasteiger partial charge in [-0.25, -0.2) is 0 Å². The number of ether oxygens (including phenoxy) is 3. The smallest absolute Gasteiger partial charge is 0.120 e. The number of benzene rings is 3. The molecule has 1 aliphatic heterocycles. The van der Waals surface area contributed by atoms with Crippen LogP contribution in [-0.4, -0.2) is 62.8 Å². The Morgan fingerprint density at radius 1 is 0.600 bits per heavy atom. The first-order chi connectivity index (χ1) is 17.2. The SMILES string of the molecule is CN1CCN(CCCc2ccc(OCCCOc3ccc(OCc4ccccc4)cc3)cc2)CC1. The van der Waals surface area contributed by atoms with Gasteiger partial charge in [0, 0.05) is 32.6 Å². The average molecular weight is 475 g/mol. The molecule has 1 aliphatic rings. The zero-order chi connectivity index (χ0) is 24.1. The van der Waals surface area contributed by atoms with Crippen molar-refractivity contribution in [1.82, 2.24) is 9.80 Å². The molecule has 0 unspecified atom stereocenters. The van der Waals surface area contributed by atoms with Gasteiger partial charge in [-0.15, -0.1) is 0 Å². The molecule has 0 bridgehead atoms. The first-order valence-electron chi connectivity index (χ1n) is 12.8. The first-order valence-corrected chi connectivity index (χ1v) is 12.8. The topological polar surface area (TPSA) is 34.2 Å². The van der Waals surface area contributed by atoms with E-state index in [9.17, 15) is 0 Å². The van der Waals surface area contributed by atoms with Gasteiger partial charge in [0.05, 0.1) is 13.2 Å². The summed E-state index contributed by atoms with van der Waals surface area (Å²) < 4.78 is 17.5. The molecule has 0 N–H and O–H groups in total. The average Bonchev–Trinajstić information content (AvgIpc) is 2.90. The highest BCUT2D eigenvalue weighted by molar-refractivity contribution is 5.31. The molecule has 0 aliphatic carbocycles. The molecule has 1 saturated heterocycles. The summed E-state index contributed by atoms with van der Waals surface area (Å²) in [5.41, 5.74) is 2.54. The molecule has 0 spiro atoms. The summed E-state index contributed by atoms with van der Waals surface area (Å²) in [5.74, 6) is 2.61. The molecule has 1 fully saturated rings. The fourth-order valence-corrected chi connectivity index (χ4v) is 4.14. The Morgan fingerprint density at radius 2 is 1.17 bits per heavy atom. The molecule has 0 aromatic heterocycles. The molecule has 0 amide bonds. The molecule has 5 nitrogen and oxygen atoms in total. The van der Waals surface area contributed by atoms with Gasteiger partial charge in [0.15, 0.2) is 0 Å². The second-order valence-corrected chi connectivity index (χ2v) is 9.19. The Kier molecular flexibility index (Phi) is 9.86. The maximum absolute atomic E-state index is 5.89. The molecule has 5 heteroatoms. The van der Waals surface area contributed by atoms with E-state index in [0.717, 1.165) is 35.7 Å². The molecule has 186 valence electrons. The number of hydrogen-bond acceptors (Lipinski definition) is 5. The van der Waals surface area contributed by atoms with Crippen LogP contribution < -0.4 is 14.2 Å². The molecule has 0 atom stereocenters. The third-order valence-electron chi connectivity index (χ3n) is 6.36. The van der Waals surface area contributed by atoms with E-state index >= 15 is 0 Å². The van der Waals surface area contributed by atoms with Crippen molar-refractivity contribution in [2.24, 2.45) is 0 Å². The van der Waals surface area contributed by atoms with E-state index in [2.05, 4.69) is 53.2 Å². The lowest BCUT2D eigenvalue weighted by molar-refractivity contribution is 0.153. The molecule has 0 saturated carbocycles. The standard InChI is InChI=1S/C30H38N2O3/c1-31-19-21-32(22-20-31)18-5-9-26-10-12-28(13-11-26)33-23-6-24-34-29-14-16-30(17-15-29)35-25-27-7-3-2-4-8-27/h2-4,7-8,10-17H,5-6,9,18-25H2,1H3. The Labute approximate surface area is 210 Å². The molecular weight excluding hydrogens is 436 g/mol. The number of likely N-dealkylation sites (N-methyl/N-ethyl adjacent to an activating group) is 1. The second-order valence-electron chi connectivity index (χ2n) is 9.19. The van der Waals surface area contributed by atoms with Crippen LogP contribution in [0.25, 0.3) is 0 Å². The minimum atomic E-state index is 0.565. The summed E-state index contributed by atoms with van der Waals surface area (Å²) in [6.45, 7) is 7.78. The largest absolute Gasteiger partial charge is 0.493 e. The number of piperazine rings is 1. The quantitative estimate of drug-likeness (QED) is 0.314. The van der Waals surface area contributed by atoms with Crippen molar-refractivity contribution in [2.75, 3.05) is 53.0 Å². The highest BCUT2D eigenvalue weighted by atomic mass is 16.5. The summed E-state index contributed by atoms with van der Waals surface area (Å²) >= 11 is 0. The molecule has 3 aromatic rings. The van der Waals surface area contributed by atoms with Crippen LogP contribution in [0.5, 0.6) is 17.2 Å². The van der Waals surface area contributed by atoms with E-state index in [1.807, 2.05) is 42.5 Å². The molecule has 3 aromatic carbocycles.